The molecule has 29 heavy (non-hydrogen) atoms. The van der Waals surface area contributed by atoms with E-state index >= 15 is 0 Å². The molecule has 1 heterocycles. The average Bonchev–Trinajstić information content (AvgIpc) is 2.74. The topological polar surface area (TPSA) is 60.0 Å². The molecule has 0 atom stereocenters. The maximum absolute atomic E-state index is 12.1. The molecular weight excluding hydrogens is 368 g/mol. The number of amides is 1. The van der Waals surface area contributed by atoms with Crippen molar-refractivity contribution in [1.29, 1.82) is 0 Å². The van der Waals surface area contributed by atoms with Gasteiger partial charge in [-0.2, -0.15) is 0 Å². The van der Waals surface area contributed by atoms with Crippen LogP contribution in [0.3, 0.4) is 0 Å². The SMILES string of the molecule is Cc1ccc(OCC(=O)NCc2cccc(OCCN3CCOCC3)c2)cc1C. The molecule has 0 unspecified atom stereocenters. The van der Waals surface area contributed by atoms with Gasteiger partial charge in [-0.15, -0.1) is 0 Å². The molecular formula is C23H30N2O4. The third-order valence-electron chi connectivity index (χ3n) is 5.02. The third-order valence-corrected chi connectivity index (χ3v) is 5.02. The van der Waals surface area contributed by atoms with Crippen LogP contribution < -0.4 is 14.8 Å². The monoisotopic (exact) mass is 398 g/mol. The molecule has 0 saturated carbocycles. The van der Waals surface area contributed by atoms with Crippen LogP contribution in [0.25, 0.3) is 0 Å². The number of morpholine rings is 1. The van der Waals surface area contributed by atoms with Crippen LogP contribution in [0.15, 0.2) is 42.5 Å². The summed E-state index contributed by atoms with van der Waals surface area (Å²) in [6.45, 7) is 9.54. The Hall–Kier alpha value is -2.57. The molecule has 2 aromatic carbocycles. The zero-order chi connectivity index (χ0) is 20.5. The van der Waals surface area contributed by atoms with E-state index in [0.717, 1.165) is 49.7 Å². The second kappa shape index (κ2) is 10.8. The lowest BCUT2D eigenvalue weighted by atomic mass is 10.1. The summed E-state index contributed by atoms with van der Waals surface area (Å²) in [5, 5.41) is 2.89. The Bertz CT molecular complexity index is 803. The van der Waals surface area contributed by atoms with Crippen molar-refractivity contribution < 1.29 is 19.0 Å². The average molecular weight is 399 g/mol. The number of aryl methyl sites for hydroxylation is 2. The summed E-state index contributed by atoms with van der Waals surface area (Å²) in [6.07, 6.45) is 0. The van der Waals surface area contributed by atoms with Crippen molar-refractivity contribution in [3.63, 3.8) is 0 Å². The molecule has 6 heteroatoms. The number of hydrogen-bond donors (Lipinski definition) is 1. The van der Waals surface area contributed by atoms with Crippen molar-refractivity contribution in [2.75, 3.05) is 46.1 Å². The minimum atomic E-state index is -0.151. The van der Waals surface area contributed by atoms with Gasteiger partial charge in [-0.25, -0.2) is 0 Å². The van der Waals surface area contributed by atoms with Crippen LogP contribution in [-0.2, 0) is 16.1 Å². The van der Waals surface area contributed by atoms with Gasteiger partial charge in [0.1, 0.15) is 18.1 Å². The van der Waals surface area contributed by atoms with Gasteiger partial charge in [-0.05, 0) is 54.8 Å². The summed E-state index contributed by atoms with van der Waals surface area (Å²) in [5.41, 5.74) is 3.34. The molecule has 0 aromatic heterocycles. The number of hydrogen-bond acceptors (Lipinski definition) is 5. The van der Waals surface area contributed by atoms with Crippen molar-refractivity contribution in [1.82, 2.24) is 10.2 Å². The molecule has 0 bridgehead atoms. The van der Waals surface area contributed by atoms with Gasteiger partial charge in [0.15, 0.2) is 6.61 Å². The van der Waals surface area contributed by atoms with Gasteiger partial charge < -0.3 is 19.5 Å². The summed E-state index contributed by atoms with van der Waals surface area (Å²) in [6, 6.07) is 13.6. The molecule has 1 N–H and O–H groups in total. The highest BCUT2D eigenvalue weighted by molar-refractivity contribution is 5.77. The standard InChI is InChI=1S/C23H30N2O4/c1-18-6-7-22(14-19(18)2)29-17-23(26)24-16-20-4-3-5-21(15-20)28-13-10-25-8-11-27-12-9-25/h3-7,14-15H,8-13,16-17H2,1-2H3,(H,24,26). The second-order valence-electron chi connectivity index (χ2n) is 7.26. The van der Waals surface area contributed by atoms with E-state index in [1.807, 2.05) is 56.3 Å². The van der Waals surface area contributed by atoms with Crippen LogP contribution in [0.1, 0.15) is 16.7 Å². The first-order chi connectivity index (χ1) is 14.1. The predicted octanol–water partition coefficient (Wildman–Crippen LogP) is 2.71. The van der Waals surface area contributed by atoms with Gasteiger partial charge in [-0.1, -0.05) is 18.2 Å². The predicted molar refractivity (Wildman–Crippen MR) is 112 cm³/mol. The van der Waals surface area contributed by atoms with Crippen molar-refractivity contribution in [3.05, 3.63) is 59.2 Å². The molecule has 3 rings (SSSR count). The Morgan fingerprint density at radius 1 is 1.03 bits per heavy atom. The Balaban J connectivity index is 1.38. The molecule has 2 aromatic rings. The first-order valence-corrected chi connectivity index (χ1v) is 10.1. The van der Waals surface area contributed by atoms with E-state index in [-0.39, 0.29) is 12.5 Å². The number of carbonyl (C=O) groups excluding carboxylic acids is 1. The van der Waals surface area contributed by atoms with Crippen molar-refractivity contribution in [2.24, 2.45) is 0 Å². The molecule has 1 amide bonds. The molecule has 1 saturated heterocycles. The van der Waals surface area contributed by atoms with E-state index in [2.05, 4.69) is 10.2 Å². The number of ether oxygens (including phenoxy) is 3. The lowest BCUT2D eigenvalue weighted by Gasteiger charge is -2.26. The zero-order valence-electron chi connectivity index (χ0n) is 17.3. The van der Waals surface area contributed by atoms with Crippen LogP contribution in [0.4, 0.5) is 0 Å². The fourth-order valence-electron chi connectivity index (χ4n) is 3.07. The summed E-state index contributed by atoms with van der Waals surface area (Å²) in [5.74, 6) is 1.37. The minimum Gasteiger partial charge on any atom is -0.492 e. The maximum Gasteiger partial charge on any atom is 0.258 e. The van der Waals surface area contributed by atoms with Gasteiger partial charge in [0.2, 0.25) is 0 Å². The van der Waals surface area contributed by atoms with Crippen LogP contribution in [-0.4, -0.2) is 56.9 Å². The molecule has 1 aliphatic heterocycles. The first kappa shape index (κ1) is 21.1. The lowest BCUT2D eigenvalue weighted by molar-refractivity contribution is -0.123. The van der Waals surface area contributed by atoms with Crippen LogP contribution in [0.5, 0.6) is 11.5 Å². The van der Waals surface area contributed by atoms with Crippen LogP contribution in [0, 0.1) is 13.8 Å². The van der Waals surface area contributed by atoms with E-state index in [0.29, 0.717) is 18.9 Å². The number of nitrogens with zero attached hydrogens (tertiary/aromatic N) is 1. The zero-order valence-corrected chi connectivity index (χ0v) is 17.3. The smallest absolute Gasteiger partial charge is 0.258 e. The molecule has 1 aliphatic rings. The molecule has 0 aliphatic carbocycles. The first-order valence-electron chi connectivity index (χ1n) is 10.1. The van der Waals surface area contributed by atoms with Gasteiger partial charge in [0, 0.05) is 26.2 Å². The Morgan fingerprint density at radius 3 is 2.62 bits per heavy atom. The van der Waals surface area contributed by atoms with E-state index in [1.54, 1.807) is 0 Å². The molecule has 0 radical (unpaired) electrons. The molecule has 0 spiro atoms. The third kappa shape index (κ3) is 7.07. The van der Waals surface area contributed by atoms with Crippen molar-refractivity contribution in [3.8, 4) is 11.5 Å². The lowest BCUT2D eigenvalue weighted by Crippen LogP contribution is -2.38. The molecule has 156 valence electrons. The van der Waals surface area contributed by atoms with E-state index in [4.69, 9.17) is 14.2 Å². The second-order valence-corrected chi connectivity index (χ2v) is 7.26. The highest BCUT2D eigenvalue weighted by Gasteiger charge is 2.10. The minimum absolute atomic E-state index is 0.00175. The van der Waals surface area contributed by atoms with E-state index in [9.17, 15) is 4.79 Å². The highest BCUT2D eigenvalue weighted by Crippen LogP contribution is 2.16. The fourth-order valence-corrected chi connectivity index (χ4v) is 3.07. The summed E-state index contributed by atoms with van der Waals surface area (Å²) >= 11 is 0. The van der Waals surface area contributed by atoms with Crippen molar-refractivity contribution >= 4 is 5.91 Å². The number of carbonyl (C=O) groups is 1. The van der Waals surface area contributed by atoms with E-state index < -0.39 is 0 Å². The Labute approximate surface area is 172 Å². The highest BCUT2D eigenvalue weighted by atomic mass is 16.5. The summed E-state index contributed by atoms with van der Waals surface area (Å²) in [7, 11) is 0. The number of rotatable bonds is 9. The maximum atomic E-state index is 12.1. The van der Waals surface area contributed by atoms with Crippen molar-refractivity contribution in [2.45, 2.75) is 20.4 Å². The van der Waals surface area contributed by atoms with Crippen LogP contribution >= 0.6 is 0 Å². The summed E-state index contributed by atoms with van der Waals surface area (Å²) < 4.78 is 16.8. The van der Waals surface area contributed by atoms with Gasteiger partial charge in [-0.3, -0.25) is 9.69 Å². The largest absolute Gasteiger partial charge is 0.492 e. The molecule has 1 fully saturated rings. The summed E-state index contributed by atoms with van der Waals surface area (Å²) in [4.78, 5) is 14.4. The molecule has 6 nitrogen and oxygen atoms in total. The quantitative estimate of drug-likeness (QED) is 0.704. The van der Waals surface area contributed by atoms with Gasteiger partial charge in [0.25, 0.3) is 5.91 Å². The Kier molecular flexibility index (Phi) is 7.90. The van der Waals surface area contributed by atoms with E-state index in [1.165, 1.54) is 5.56 Å². The van der Waals surface area contributed by atoms with Gasteiger partial charge in [0.05, 0.1) is 13.2 Å². The fraction of sp³-hybridized carbons (Fsp3) is 0.435. The normalized spacial score (nSPS) is 14.4. The number of nitrogens with one attached hydrogen (secondary N) is 1. The Morgan fingerprint density at radius 2 is 1.83 bits per heavy atom. The number of benzene rings is 2. The van der Waals surface area contributed by atoms with Gasteiger partial charge >= 0.3 is 0 Å². The van der Waals surface area contributed by atoms with Crippen LogP contribution in [0.2, 0.25) is 0 Å².